The minimum Gasteiger partial charge on any atom is -0.385 e. The Labute approximate surface area is 114 Å². The van der Waals surface area contributed by atoms with E-state index in [1.807, 2.05) is 0 Å². The Morgan fingerprint density at radius 1 is 1.37 bits per heavy atom. The van der Waals surface area contributed by atoms with E-state index in [4.69, 9.17) is 19.7 Å². The van der Waals surface area contributed by atoms with Crippen LogP contribution in [0.1, 0.15) is 33.6 Å². The number of rotatable bonds is 11. The maximum absolute atomic E-state index is 9.89. The highest BCUT2D eigenvalue weighted by molar-refractivity contribution is 4.71. The number of hydrogen-bond acceptors (Lipinski definition) is 5. The van der Waals surface area contributed by atoms with Crippen LogP contribution in [0.5, 0.6) is 0 Å². The van der Waals surface area contributed by atoms with Crippen LogP contribution in [-0.2, 0) is 14.2 Å². The van der Waals surface area contributed by atoms with Crippen LogP contribution in [0, 0.1) is 0 Å². The van der Waals surface area contributed by atoms with Crippen LogP contribution in [0.15, 0.2) is 5.11 Å². The Bertz CT molecular complexity index is 272. The molecule has 0 rings (SSSR count). The van der Waals surface area contributed by atoms with Crippen LogP contribution in [0.4, 0.5) is 0 Å². The van der Waals surface area contributed by atoms with E-state index in [2.05, 4.69) is 16.9 Å². The monoisotopic (exact) mass is 275 g/mol. The highest BCUT2D eigenvalue weighted by Gasteiger charge is 2.24. The largest absolute Gasteiger partial charge is 0.385 e. The molecule has 0 amide bonds. The van der Waals surface area contributed by atoms with Crippen LogP contribution in [0.3, 0.4) is 0 Å². The topological polar surface area (TPSA) is 96.7 Å². The second kappa shape index (κ2) is 11.0. The summed E-state index contributed by atoms with van der Waals surface area (Å²) in [5.41, 5.74) is 8.35. The molecule has 0 aliphatic carbocycles. The summed E-state index contributed by atoms with van der Waals surface area (Å²) >= 11 is 0. The van der Waals surface area contributed by atoms with Gasteiger partial charge in [-0.25, -0.2) is 0 Å². The molecular formula is C12H25N3O4. The van der Waals surface area contributed by atoms with E-state index in [-0.39, 0.29) is 18.8 Å². The molecule has 1 unspecified atom stereocenters. The first kappa shape index (κ1) is 18.1. The smallest absolute Gasteiger partial charge is 0.185 e. The van der Waals surface area contributed by atoms with Crippen LogP contribution in [-0.4, -0.2) is 50.0 Å². The lowest BCUT2D eigenvalue weighted by Crippen LogP contribution is -2.39. The quantitative estimate of drug-likeness (QED) is 0.205. The number of aliphatic hydroxyl groups excluding tert-OH is 1. The molecule has 0 aromatic carbocycles. The van der Waals surface area contributed by atoms with Crippen LogP contribution < -0.4 is 0 Å². The minimum atomic E-state index is -0.873. The van der Waals surface area contributed by atoms with Crippen molar-refractivity contribution in [2.75, 3.05) is 20.3 Å². The fourth-order valence-corrected chi connectivity index (χ4v) is 1.33. The normalized spacial score (nSPS) is 17.3. The predicted molar refractivity (Wildman–Crippen MR) is 71.7 cm³/mol. The van der Waals surface area contributed by atoms with Crippen molar-refractivity contribution in [1.82, 2.24) is 0 Å². The number of aliphatic hydroxyl groups is 1. The van der Waals surface area contributed by atoms with Crippen LogP contribution >= 0.6 is 0 Å². The van der Waals surface area contributed by atoms with Crippen molar-refractivity contribution in [3.05, 3.63) is 10.4 Å². The number of nitrogens with zero attached hydrogens (tertiary/aromatic N) is 3. The van der Waals surface area contributed by atoms with E-state index >= 15 is 0 Å². The Morgan fingerprint density at radius 2 is 2.05 bits per heavy atom. The summed E-state index contributed by atoms with van der Waals surface area (Å²) in [6.45, 7) is 6.33. The summed E-state index contributed by atoms with van der Waals surface area (Å²) in [7, 11) is 1.45. The van der Waals surface area contributed by atoms with Gasteiger partial charge in [0, 0.05) is 18.6 Å². The molecule has 0 aliphatic heterocycles. The number of unbranched alkanes of at least 4 members (excludes halogenated alkanes) is 1. The van der Waals surface area contributed by atoms with Gasteiger partial charge >= 0.3 is 0 Å². The zero-order valence-corrected chi connectivity index (χ0v) is 12.2. The van der Waals surface area contributed by atoms with Gasteiger partial charge in [0.2, 0.25) is 0 Å². The average Bonchev–Trinajstić information content (AvgIpc) is 2.40. The number of methoxy groups -OCH3 is 1. The number of hydrogen-bond donors (Lipinski definition) is 1. The Kier molecular flexibility index (Phi) is 10.5. The lowest BCUT2D eigenvalue weighted by atomic mass is 10.2. The van der Waals surface area contributed by atoms with Crippen molar-refractivity contribution in [2.24, 2.45) is 5.11 Å². The van der Waals surface area contributed by atoms with E-state index in [0.717, 1.165) is 12.8 Å². The van der Waals surface area contributed by atoms with E-state index in [1.54, 1.807) is 13.8 Å². The van der Waals surface area contributed by atoms with E-state index in [9.17, 15) is 5.11 Å². The van der Waals surface area contributed by atoms with Gasteiger partial charge in [0.25, 0.3) is 0 Å². The Balaban J connectivity index is 4.13. The highest BCUT2D eigenvalue weighted by atomic mass is 16.7. The van der Waals surface area contributed by atoms with Gasteiger partial charge in [-0.2, -0.15) is 0 Å². The van der Waals surface area contributed by atoms with Crippen molar-refractivity contribution in [3.63, 3.8) is 0 Å². The Hall–Kier alpha value is -0.850. The van der Waals surface area contributed by atoms with Crippen molar-refractivity contribution in [1.29, 1.82) is 0 Å². The molecule has 0 radical (unpaired) electrons. The molecule has 0 heterocycles. The fourth-order valence-electron chi connectivity index (χ4n) is 1.33. The summed E-state index contributed by atoms with van der Waals surface area (Å²) in [6, 6.07) is -0.337. The fraction of sp³-hybridized carbons (Fsp3) is 1.00. The molecule has 0 saturated carbocycles. The van der Waals surface area contributed by atoms with Gasteiger partial charge in [-0.1, -0.05) is 25.4 Å². The average molecular weight is 275 g/mol. The minimum absolute atomic E-state index is 0.154. The van der Waals surface area contributed by atoms with E-state index in [0.29, 0.717) is 6.61 Å². The van der Waals surface area contributed by atoms with E-state index in [1.165, 1.54) is 7.11 Å². The molecule has 4 atom stereocenters. The van der Waals surface area contributed by atoms with Crippen molar-refractivity contribution in [2.45, 2.75) is 58.2 Å². The predicted octanol–water partition coefficient (Wildman–Crippen LogP) is 2.24. The molecule has 0 aromatic rings. The molecule has 0 fully saturated rings. The third-order valence-corrected chi connectivity index (χ3v) is 2.74. The van der Waals surface area contributed by atoms with Crippen molar-refractivity contribution in [3.8, 4) is 0 Å². The van der Waals surface area contributed by atoms with Gasteiger partial charge in [-0.05, 0) is 18.9 Å². The van der Waals surface area contributed by atoms with Crippen molar-refractivity contribution >= 4 is 0 Å². The summed E-state index contributed by atoms with van der Waals surface area (Å²) in [4.78, 5) is 2.72. The third kappa shape index (κ3) is 8.02. The van der Waals surface area contributed by atoms with Crippen LogP contribution in [0.2, 0.25) is 0 Å². The SMILES string of the molecule is CCCCOC[C@@H](O)[C@@H](OC)OC(C)[C@H](C)N=[N+]=[N-]. The molecule has 7 nitrogen and oxygen atoms in total. The van der Waals surface area contributed by atoms with Gasteiger partial charge in [-0.15, -0.1) is 0 Å². The molecule has 19 heavy (non-hydrogen) atoms. The molecule has 112 valence electrons. The first-order valence-corrected chi connectivity index (χ1v) is 6.55. The highest BCUT2D eigenvalue weighted by Crippen LogP contribution is 2.10. The first-order valence-electron chi connectivity index (χ1n) is 6.55. The molecular weight excluding hydrogens is 250 g/mol. The van der Waals surface area contributed by atoms with Crippen molar-refractivity contribution < 1.29 is 19.3 Å². The van der Waals surface area contributed by atoms with Gasteiger partial charge in [0.1, 0.15) is 6.10 Å². The summed E-state index contributed by atoms with van der Waals surface area (Å²) in [5.74, 6) is 0. The molecule has 0 bridgehead atoms. The second-order valence-electron chi connectivity index (χ2n) is 4.39. The number of ether oxygens (including phenoxy) is 3. The van der Waals surface area contributed by atoms with E-state index < -0.39 is 12.4 Å². The standard InChI is InChI=1S/C12H25N3O4/c1-5-6-7-18-8-11(16)12(17-4)19-10(3)9(2)14-15-13/h9-12,16H,5-8H2,1-4H3/t9-,10?,11+,12-/m0/s1. The zero-order valence-electron chi connectivity index (χ0n) is 12.2. The first-order chi connectivity index (χ1) is 9.06. The summed E-state index contributed by atoms with van der Waals surface area (Å²) in [6.07, 6.45) is -0.0296. The maximum atomic E-state index is 9.89. The van der Waals surface area contributed by atoms with Gasteiger partial charge in [0.15, 0.2) is 6.29 Å². The molecule has 0 spiro atoms. The maximum Gasteiger partial charge on any atom is 0.185 e. The number of azide groups is 1. The van der Waals surface area contributed by atoms with Gasteiger partial charge in [0.05, 0.1) is 18.8 Å². The molecule has 0 aromatic heterocycles. The van der Waals surface area contributed by atoms with Gasteiger partial charge in [-0.3, -0.25) is 0 Å². The van der Waals surface area contributed by atoms with Crippen LogP contribution in [0.25, 0.3) is 10.4 Å². The second-order valence-corrected chi connectivity index (χ2v) is 4.39. The molecule has 7 heteroatoms. The molecule has 0 aliphatic rings. The summed E-state index contributed by atoms with van der Waals surface area (Å²) < 4.78 is 15.9. The summed E-state index contributed by atoms with van der Waals surface area (Å²) in [5, 5.41) is 13.4. The lowest BCUT2D eigenvalue weighted by Gasteiger charge is -2.26. The molecule has 1 N–H and O–H groups in total. The lowest BCUT2D eigenvalue weighted by molar-refractivity contribution is -0.212. The third-order valence-electron chi connectivity index (χ3n) is 2.74. The van der Waals surface area contributed by atoms with Gasteiger partial charge < -0.3 is 19.3 Å². The zero-order chi connectivity index (χ0) is 14.7. The Morgan fingerprint density at radius 3 is 2.58 bits per heavy atom. The molecule has 0 saturated heterocycles.